The molecule has 2 rings (SSSR count). The molecule has 1 aromatic heterocycles. The lowest BCUT2D eigenvalue weighted by molar-refractivity contribution is 1.31. The van der Waals surface area contributed by atoms with E-state index in [1.165, 1.54) is 11.3 Å². The van der Waals surface area contributed by atoms with Crippen LogP contribution in [0, 0.1) is 11.3 Å². The first-order valence-electron chi connectivity index (χ1n) is 3.61. The van der Waals surface area contributed by atoms with Gasteiger partial charge >= 0.3 is 0 Å². The van der Waals surface area contributed by atoms with E-state index in [4.69, 9.17) is 11.1 Å². The summed E-state index contributed by atoms with van der Waals surface area (Å²) >= 11 is 1.43. The van der Waals surface area contributed by atoms with Crippen LogP contribution in [0.25, 0.3) is 10.2 Å². The average molecular weight is 190 g/mol. The molecule has 13 heavy (non-hydrogen) atoms. The molecule has 1 aromatic carbocycles. The molecule has 0 saturated heterocycles. The van der Waals surface area contributed by atoms with Gasteiger partial charge < -0.3 is 0 Å². The SMILES string of the molecule is N#Cc1ccc2nc(NN)sc2c1. The molecule has 0 aliphatic heterocycles. The molecule has 0 aliphatic carbocycles. The van der Waals surface area contributed by atoms with Gasteiger partial charge in [-0.1, -0.05) is 11.3 Å². The fraction of sp³-hybridized carbons (Fsp3) is 0. The molecular weight excluding hydrogens is 184 g/mol. The number of hydrogen-bond acceptors (Lipinski definition) is 5. The Kier molecular flexibility index (Phi) is 1.85. The lowest BCUT2D eigenvalue weighted by Crippen LogP contribution is -2.05. The quantitative estimate of drug-likeness (QED) is 0.527. The Bertz CT molecular complexity index is 482. The van der Waals surface area contributed by atoms with Crippen LogP contribution in [0.5, 0.6) is 0 Å². The first-order valence-corrected chi connectivity index (χ1v) is 4.42. The second-order valence-corrected chi connectivity index (χ2v) is 3.49. The van der Waals surface area contributed by atoms with E-state index in [2.05, 4.69) is 16.5 Å². The topological polar surface area (TPSA) is 74.7 Å². The monoisotopic (exact) mass is 190 g/mol. The Morgan fingerprint density at radius 2 is 2.38 bits per heavy atom. The van der Waals surface area contributed by atoms with Crippen LogP contribution in [0.15, 0.2) is 18.2 Å². The number of anilines is 1. The van der Waals surface area contributed by atoms with Gasteiger partial charge in [0.25, 0.3) is 0 Å². The van der Waals surface area contributed by atoms with E-state index in [0.29, 0.717) is 10.7 Å². The molecule has 0 atom stereocenters. The number of rotatable bonds is 1. The third kappa shape index (κ3) is 1.33. The Morgan fingerprint density at radius 1 is 1.54 bits per heavy atom. The number of nitrogen functional groups attached to an aromatic ring is 1. The minimum absolute atomic E-state index is 0.639. The first kappa shape index (κ1) is 7.98. The van der Waals surface area contributed by atoms with Gasteiger partial charge in [-0.05, 0) is 18.2 Å². The predicted octanol–water partition coefficient (Wildman–Crippen LogP) is 1.45. The third-order valence-electron chi connectivity index (χ3n) is 1.64. The Morgan fingerprint density at radius 3 is 3.08 bits per heavy atom. The maximum Gasteiger partial charge on any atom is 0.198 e. The van der Waals surface area contributed by atoms with Crippen molar-refractivity contribution < 1.29 is 0 Å². The summed E-state index contributed by atoms with van der Waals surface area (Å²) in [5.41, 5.74) is 3.98. The van der Waals surface area contributed by atoms with Gasteiger partial charge in [0.15, 0.2) is 5.13 Å². The standard InChI is InChI=1S/C8H6N4S/c9-4-5-1-2-6-7(3-5)13-8(11-6)12-10/h1-3H,10H2,(H,11,12). The molecule has 5 heteroatoms. The summed E-state index contributed by atoms with van der Waals surface area (Å²) in [7, 11) is 0. The Hall–Kier alpha value is -1.64. The van der Waals surface area contributed by atoms with E-state index in [1.54, 1.807) is 12.1 Å². The molecule has 0 aliphatic rings. The van der Waals surface area contributed by atoms with Gasteiger partial charge in [-0.15, -0.1) is 0 Å². The van der Waals surface area contributed by atoms with Gasteiger partial charge in [0.2, 0.25) is 0 Å². The van der Waals surface area contributed by atoms with Gasteiger partial charge in [0.1, 0.15) is 0 Å². The van der Waals surface area contributed by atoms with Crippen LogP contribution in [-0.4, -0.2) is 4.98 Å². The summed E-state index contributed by atoms with van der Waals surface area (Å²) in [6, 6.07) is 7.42. The molecular formula is C8H6N4S. The molecule has 64 valence electrons. The summed E-state index contributed by atoms with van der Waals surface area (Å²) in [6.45, 7) is 0. The number of benzene rings is 1. The van der Waals surface area contributed by atoms with E-state index in [-0.39, 0.29) is 0 Å². The molecule has 0 unspecified atom stereocenters. The summed E-state index contributed by atoms with van der Waals surface area (Å²) in [5.74, 6) is 5.22. The van der Waals surface area contributed by atoms with Gasteiger partial charge in [-0.3, -0.25) is 5.43 Å². The van der Waals surface area contributed by atoms with Crippen LogP contribution >= 0.6 is 11.3 Å². The van der Waals surface area contributed by atoms with Crippen LogP contribution in [0.3, 0.4) is 0 Å². The molecule has 0 bridgehead atoms. The highest BCUT2D eigenvalue weighted by Crippen LogP contribution is 2.25. The highest BCUT2D eigenvalue weighted by Gasteiger charge is 2.02. The second kappa shape index (κ2) is 3.01. The smallest absolute Gasteiger partial charge is 0.198 e. The van der Waals surface area contributed by atoms with E-state index in [9.17, 15) is 0 Å². The first-order chi connectivity index (χ1) is 6.33. The number of aromatic nitrogens is 1. The molecule has 2 aromatic rings. The summed E-state index contributed by atoms with van der Waals surface area (Å²) in [6.07, 6.45) is 0. The van der Waals surface area contributed by atoms with Gasteiger partial charge in [-0.2, -0.15) is 5.26 Å². The number of nitriles is 1. The summed E-state index contributed by atoms with van der Waals surface area (Å²) in [4.78, 5) is 4.18. The third-order valence-corrected chi connectivity index (χ3v) is 2.59. The average Bonchev–Trinajstić information content (AvgIpc) is 2.58. The van der Waals surface area contributed by atoms with E-state index >= 15 is 0 Å². The predicted molar refractivity (Wildman–Crippen MR) is 52.1 cm³/mol. The Balaban J connectivity index is 2.65. The molecule has 0 radical (unpaired) electrons. The lowest BCUT2D eigenvalue weighted by Gasteiger charge is -1.86. The number of fused-ring (bicyclic) bond motifs is 1. The number of nitrogens with zero attached hydrogens (tertiary/aromatic N) is 2. The summed E-state index contributed by atoms with van der Waals surface area (Å²) in [5, 5.41) is 9.31. The van der Waals surface area contributed by atoms with Crippen molar-refractivity contribution in [3.05, 3.63) is 23.8 Å². The van der Waals surface area contributed by atoms with Crippen molar-refractivity contribution >= 4 is 26.7 Å². The molecule has 4 nitrogen and oxygen atoms in total. The fourth-order valence-electron chi connectivity index (χ4n) is 1.06. The van der Waals surface area contributed by atoms with Crippen molar-refractivity contribution in [3.63, 3.8) is 0 Å². The highest BCUT2D eigenvalue weighted by atomic mass is 32.1. The van der Waals surface area contributed by atoms with Crippen molar-refractivity contribution in [2.75, 3.05) is 5.43 Å². The molecule has 0 fully saturated rings. The van der Waals surface area contributed by atoms with Crippen molar-refractivity contribution in [3.8, 4) is 6.07 Å². The minimum atomic E-state index is 0.639. The molecule has 3 N–H and O–H groups in total. The van der Waals surface area contributed by atoms with Crippen LogP contribution in [0.2, 0.25) is 0 Å². The van der Waals surface area contributed by atoms with Crippen molar-refractivity contribution in [2.24, 2.45) is 5.84 Å². The zero-order valence-corrected chi connectivity index (χ0v) is 7.43. The maximum absolute atomic E-state index is 8.65. The van der Waals surface area contributed by atoms with Crippen LogP contribution in [-0.2, 0) is 0 Å². The Labute approximate surface area is 78.6 Å². The van der Waals surface area contributed by atoms with Crippen LogP contribution in [0.1, 0.15) is 5.56 Å². The lowest BCUT2D eigenvalue weighted by atomic mass is 10.2. The van der Waals surface area contributed by atoms with Crippen molar-refractivity contribution in [2.45, 2.75) is 0 Å². The maximum atomic E-state index is 8.65. The van der Waals surface area contributed by atoms with E-state index < -0.39 is 0 Å². The normalized spacial score (nSPS) is 9.85. The molecule has 0 saturated carbocycles. The molecule has 0 amide bonds. The van der Waals surface area contributed by atoms with Crippen LogP contribution < -0.4 is 11.3 Å². The fourth-order valence-corrected chi connectivity index (χ4v) is 1.87. The number of hydrazine groups is 1. The molecule has 1 heterocycles. The van der Waals surface area contributed by atoms with Crippen molar-refractivity contribution in [1.82, 2.24) is 4.98 Å². The largest absolute Gasteiger partial charge is 0.300 e. The zero-order valence-electron chi connectivity index (χ0n) is 6.61. The van der Waals surface area contributed by atoms with Gasteiger partial charge in [-0.25, -0.2) is 10.8 Å². The highest BCUT2D eigenvalue weighted by molar-refractivity contribution is 7.22. The molecule has 0 spiro atoms. The van der Waals surface area contributed by atoms with Gasteiger partial charge in [0.05, 0.1) is 21.8 Å². The van der Waals surface area contributed by atoms with Crippen LogP contribution in [0.4, 0.5) is 5.13 Å². The number of thiazole rings is 1. The van der Waals surface area contributed by atoms with E-state index in [0.717, 1.165) is 10.2 Å². The zero-order chi connectivity index (χ0) is 9.26. The second-order valence-electron chi connectivity index (χ2n) is 2.46. The van der Waals surface area contributed by atoms with Crippen molar-refractivity contribution in [1.29, 1.82) is 5.26 Å². The minimum Gasteiger partial charge on any atom is -0.300 e. The number of nitrogens with one attached hydrogen (secondary N) is 1. The summed E-state index contributed by atoms with van der Waals surface area (Å²) < 4.78 is 0.965. The number of hydrogen-bond donors (Lipinski definition) is 2. The van der Waals surface area contributed by atoms with E-state index in [1.807, 2.05) is 6.07 Å². The van der Waals surface area contributed by atoms with Gasteiger partial charge in [0, 0.05) is 0 Å². The number of nitrogens with two attached hydrogens (primary N) is 1.